The third-order valence-electron chi connectivity index (χ3n) is 5.61. The van der Waals surface area contributed by atoms with Crippen molar-refractivity contribution >= 4 is 11.8 Å². The maximum absolute atomic E-state index is 13.9. The van der Waals surface area contributed by atoms with Crippen molar-refractivity contribution in [2.24, 2.45) is 5.92 Å². The number of nitrogens with zero attached hydrogens (tertiary/aromatic N) is 2. The predicted molar refractivity (Wildman–Crippen MR) is 107 cm³/mol. The molecule has 0 saturated carbocycles. The first-order chi connectivity index (χ1) is 13.9. The van der Waals surface area contributed by atoms with Crippen molar-refractivity contribution < 1.29 is 18.4 Å². The molecular formula is C23H26F2N2O2. The SMILES string of the molecule is CCN(Cc1ccccc1C)C(=O)C1CCN(C(=O)c2ccc(F)cc2F)CC1. The summed E-state index contributed by atoms with van der Waals surface area (Å²) < 4.78 is 27.0. The molecule has 29 heavy (non-hydrogen) atoms. The van der Waals surface area contributed by atoms with Gasteiger partial charge >= 0.3 is 0 Å². The monoisotopic (exact) mass is 400 g/mol. The van der Waals surface area contributed by atoms with E-state index < -0.39 is 17.5 Å². The predicted octanol–water partition coefficient (Wildman–Crippen LogP) is 4.17. The van der Waals surface area contributed by atoms with E-state index in [4.69, 9.17) is 0 Å². The van der Waals surface area contributed by atoms with Crippen LogP contribution in [0.4, 0.5) is 8.78 Å². The van der Waals surface area contributed by atoms with Crippen LogP contribution in [0, 0.1) is 24.5 Å². The zero-order valence-corrected chi connectivity index (χ0v) is 16.8. The van der Waals surface area contributed by atoms with Gasteiger partial charge in [0.05, 0.1) is 5.56 Å². The van der Waals surface area contributed by atoms with Gasteiger partial charge in [0.15, 0.2) is 0 Å². The van der Waals surface area contributed by atoms with Gasteiger partial charge in [0.2, 0.25) is 5.91 Å². The molecule has 6 heteroatoms. The van der Waals surface area contributed by atoms with Crippen molar-refractivity contribution in [3.63, 3.8) is 0 Å². The molecule has 0 radical (unpaired) electrons. The molecule has 3 rings (SSSR count). The topological polar surface area (TPSA) is 40.6 Å². The third kappa shape index (κ3) is 4.81. The molecule has 4 nitrogen and oxygen atoms in total. The average Bonchev–Trinajstić information content (AvgIpc) is 2.72. The molecule has 2 amide bonds. The van der Waals surface area contributed by atoms with Gasteiger partial charge in [-0.25, -0.2) is 8.78 Å². The molecule has 1 heterocycles. The Morgan fingerprint density at radius 1 is 1.10 bits per heavy atom. The minimum Gasteiger partial charge on any atom is -0.339 e. The van der Waals surface area contributed by atoms with Crippen LogP contribution in [0.1, 0.15) is 41.3 Å². The number of halogens is 2. The van der Waals surface area contributed by atoms with Crippen molar-refractivity contribution in [1.29, 1.82) is 0 Å². The number of rotatable bonds is 5. The van der Waals surface area contributed by atoms with E-state index in [2.05, 4.69) is 0 Å². The molecule has 2 aromatic rings. The summed E-state index contributed by atoms with van der Waals surface area (Å²) in [5.74, 6) is -2.09. The van der Waals surface area contributed by atoms with E-state index >= 15 is 0 Å². The van der Waals surface area contributed by atoms with Crippen LogP contribution in [0.25, 0.3) is 0 Å². The van der Waals surface area contributed by atoms with Gasteiger partial charge in [0.25, 0.3) is 5.91 Å². The van der Waals surface area contributed by atoms with E-state index in [0.717, 1.165) is 17.2 Å². The number of likely N-dealkylation sites (tertiary alicyclic amines) is 1. The molecular weight excluding hydrogens is 374 g/mol. The summed E-state index contributed by atoms with van der Waals surface area (Å²) >= 11 is 0. The van der Waals surface area contributed by atoms with E-state index in [1.165, 1.54) is 11.0 Å². The minimum atomic E-state index is -0.858. The molecule has 0 aliphatic carbocycles. The Bertz CT molecular complexity index is 892. The number of aryl methyl sites for hydroxylation is 1. The summed E-state index contributed by atoms with van der Waals surface area (Å²) in [6.45, 7) is 5.95. The summed E-state index contributed by atoms with van der Waals surface area (Å²) in [4.78, 5) is 28.9. The fourth-order valence-corrected chi connectivity index (χ4v) is 3.76. The molecule has 0 atom stereocenters. The zero-order valence-electron chi connectivity index (χ0n) is 16.8. The summed E-state index contributed by atoms with van der Waals surface area (Å²) in [6, 6.07) is 11.0. The second-order valence-electron chi connectivity index (χ2n) is 7.47. The maximum atomic E-state index is 13.9. The highest BCUT2D eigenvalue weighted by molar-refractivity contribution is 5.94. The van der Waals surface area contributed by atoms with Crippen LogP contribution in [-0.2, 0) is 11.3 Å². The molecule has 1 fully saturated rings. The fourth-order valence-electron chi connectivity index (χ4n) is 3.76. The first-order valence-electron chi connectivity index (χ1n) is 9.98. The lowest BCUT2D eigenvalue weighted by atomic mass is 9.94. The van der Waals surface area contributed by atoms with Gasteiger partial charge in [-0.15, -0.1) is 0 Å². The van der Waals surface area contributed by atoms with Gasteiger partial charge in [-0.2, -0.15) is 0 Å². The Labute approximate surface area is 170 Å². The molecule has 1 aliphatic heterocycles. The Balaban J connectivity index is 1.61. The quantitative estimate of drug-likeness (QED) is 0.756. The second kappa shape index (κ2) is 9.16. The molecule has 154 valence electrons. The Morgan fingerprint density at radius 2 is 1.79 bits per heavy atom. The lowest BCUT2D eigenvalue weighted by Gasteiger charge is -2.34. The van der Waals surface area contributed by atoms with Gasteiger partial charge in [-0.3, -0.25) is 9.59 Å². The normalized spacial score (nSPS) is 14.7. The maximum Gasteiger partial charge on any atom is 0.256 e. The number of carbonyl (C=O) groups is 2. The molecule has 0 N–H and O–H groups in total. The van der Waals surface area contributed by atoms with Crippen molar-refractivity contribution in [3.8, 4) is 0 Å². The largest absolute Gasteiger partial charge is 0.339 e. The van der Waals surface area contributed by atoms with E-state index in [1.807, 2.05) is 43.0 Å². The number of benzene rings is 2. The summed E-state index contributed by atoms with van der Waals surface area (Å²) in [7, 11) is 0. The Hall–Kier alpha value is -2.76. The van der Waals surface area contributed by atoms with Gasteiger partial charge in [0.1, 0.15) is 11.6 Å². The van der Waals surface area contributed by atoms with Gasteiger partial charge in [-0.05, 0) is 49.9 Å². The fraction of sp³-hybridized carbons (Fsp3) is 0.391. The highest BCUT2D eigenvalue weighted by Gasteiger charge is 2.31. The van der Waals surface area contributed by atoms with Crippen molar-refractivity contribution in [2.45, 2.75) is 33.2 Å². The van der Waals surface area contributed by atoms with E-state index in [1.54, 1.807) is 0 Å². The molecule has 0 aromatic heterocycles. The highest BCUT2D eigenvalue weighted by Crippen LogP contribution is 2.23. The van der Waals surface area contributed by atoms with Crippen LogP contribution in [0.15, 0.2) is 42.5 Å². The summed E-state index contributed by atoms with van der Waals surface area (Å²) in [6.07, 6.45) is 1.08. The van der Waals surface area contributed by atoms with Crippen LogP contribution in [0.3, 0.4) is 0 Å². The number of amides is 2. The minimum absolute atomic E-state index is 0.0933. The van der Waals surface area contributed by atoms with Gasteiger partial charge < -0.3 is 9.80 Å². The molecule has 0 bridgehead atoms. The first kappa shape index (κ1) is 21.0. The van der Waals surface area contributed by atoms with Crippen molar-refractivity contribution in [2.75, 3.05) is 19.6 Å². The van der Waals surface area contributed by atoms with Crippen LogP contribution in [0.5, 0.6) is 0 Å². The first-order valence-corrected chi connectivity index (χ1v) is 9.98. The van der Waals surface area contributed by atoms with Gasteiger partial charge in [-0.1, -0.05) is 24.3 Å². The molecule has 1 saturated heterocycles. The van der Waals surface area contributed by atoms with Crippen LogP contribution in [0.2, 0.25) is 0 Å². The van der Waals surface area contributed by atoms with E-state index in [9.17, 15) is 18.4 Å². The second-order valence-corrected chi connectivity index (χ2v) is 7.47. The Kier molecular flexibility index (Phi) is 6.62. The standard InChI is InChI=1S/C23H26F2N2O2/c1-3-26(15-18-7-5-4-6-16(18)2)22(28)17-10-12-27(13-11-17)23(29)20-9-8-19(24)14-21(20)25/h4-9,14,17H,3,10-13,15H2,1-2H3. The zero-order chi connectivity index (χ0) is 21.0. The lowest BCUT2D eigenvalue weighted by Crippen LogP contribution is -2.44. The number of piperidine rings is 1. The average molecular weight is 400 g/mol. The summed E-state index contributed by atoms with van der Waals surface area (Å²) in [5, 5.41) is 0. The van der Waals surface area contributed by atoms with Crippen LogP contribution >= 0.6 is 0 Å². The molecule has 1 aliphatic rings. The van der Waals surface area contributed by atoms with Gasteiger partial charge in [0, 0.05) is 38.2 Å². The third-order valence-corrected chi connectivity index (χ3v) is 5.61. The van der Waals surface area contributed by atoms with Crippen LogP contribution < -0.4 is 0 Å². The number of carbonyl (C=O) groups excluding carboxylic acids is 2. The van der Waals surface area contributed by atoms with Crippen LogP contribution in [-0.4, -0.2) is 41.2 Å². The number of hydrogen-bond acceptors (Lipinski definition) is 2. The molecule has 2 aromatic carbocycles. The number of hydrogen-bond donors (Lipinski definition) is 0. The molecule has 0 spiro atoms. The Morgan fingerprint density at radius 3 is 2.41 bits per heavy atom. The van der Waals surface area contributed by atoms with Crippen molar-refractivity contribution in [3.05, 3.63) is 70.8 Å². The summed E-state index contributed by atoms with van der Waals surface area (Å²) in [5.41, 5.74) is 2.15. The smallest absolute Gasteiger partial charge is 0.256 e. The lowest BCUT2D eigenvalue weighted by molar-refractivity contribution is -0.137. The van der Waals surface area contributed by atoms with E-state index in [-0.39, 0.29) is 17.4 Å². The van der Waals surface area contributed by atoms with E-state index in [0.29, 0.717) is 45.1 Å². The molecule has 0 unspecified atom stereocenters. The highest BCUT2D eigenvalue weighted by atomic mass is 19.1. The van der Waals surface area contributed by atoms with Crippen molar-refractivity contribution in [1.82, 2.24) is 9.80 Å².